The number of hydrogen-bond donors (Lipinski definition) is 2. The molecule has 14 heteroatoms. The molecular weight excluding hydrogens is 485 g/mol. The maximum absolute atomic E-state index is 13.5. The number of anilines is 4. The highest BCUT2D eigenvalue weighted by Crippen LogP contribution is 2.36. The lowest BCUT2D eigenvalue weighted by atomic mass is 10.3. The maximum Gasteiger partial charge on any atom is 0.421 e. The Bertz CT molecular complexity index is 1070. The van der Waals surface area contributed by atoms with Crippen molar-refractivity contribution < 1.29 is 22.7 Å². The summed E-state index contributed by atoms with van der Waals surface area (Å²) < 4.78 is 45.4. The number of alkyl halides is 3. The molecule has 35 heavy (non-hydrogen) atoms. The molecule has 4 rings (SSSR count). The van der Waals surface area contributed by atoms with Crippen molar-refractivity contribution in [1.82, 2.24) is 24.8 Å². The van der Waals surface area contributed by atoms with E-state index in [1.807, 2.05) is 6.92 Å². The predicted octanol–water partition coefficient (Wildman–Crippen LogP) is 3.52. The molecule has 1 saturated heterocycles. The first kappa shape index (κ1) is 25.0. The van der Waals surface area contributed by atoms with Crippen LogP contribution in [0.1, 0.15) is 17.7 Å². The van der Waals surface area contributed by atoms with Crippen LogP contribution in [0.2, 0.25) is 0 Å². The number of carbonyl (C=O) groups is 1. The molecule has 2 aromatic heterocycles. The van der Waals surface area contributed by atoms with Crippen molar-refractivity contribution >= 4 is 39.3 Å². The number of nitrogens with zero attached hydrogens (tertiary/aromatic N) is 6. The van der Waals surface area contributed by atoms with Gasteiger partial charge < -0.3 is 30.1 Å². The van der Waals surface area contributed by atoms with Crippen LogP contribution in [0.4, 0.5) is 39.9 Å². The average Bonchev–Trinajstić information content (AvgIpc) is 3.17. The molecule has 2 aliphatic rings. The van der Waals surface area contributed by atoms with Crippen molar-refractivity contribution in [2.75, 3.05) is 68.4 Å². The van der Waals surface area contributed by atoms with E-state index >= 15 is 0 Å². The fourth-order valence-corrected chi connectivity index (χ4v) is 4.61. The predicted molar refractivity (Wildman–Crippen MR) is 127 cm³/mol. The Morgan fingerprint density at radius 1 is 1.20 bits per heavy atom. The number of aromatic nitrogens is 3. The van der Waals surface area contributed by atoms with Crippen LogP contribution in [0.25, 0.3) is 0 Å². The van der Waals surface area contributed by atoms with Crippen LogP contribution < -0.4 is 15.5 Å². The summed E-state index contributed by atoms with van der Waals surface area (Å²) in [4.78, 5) is 30.1. The zero-order valence-corrected chi connectivity index (χ0v) is 20.2. The number of likely N-dealkylation sites (N-methyl/N-ethyl adjacent to an activating group) is 1. The van der Waals surface area contributed by atoms with Crippen molar-refractivity contribution in [3.05, 3.63) is 29.8 Å². The highest BCUT2D eigenvalue weighted by Gasteiger charge is 2.35. The highest BCUT2D eigenvalue weighted by molar-refractivity contribution is 7.19. The number of ether oxygens (including phenoxy) is 1. The van der Waals surface area contributed by atoms with E-state index in [1.54, 1.807) is 6.08 Å². The van der Waals surface area contributed by atoms with Crippen LogP contribution in [0.5, 0.6) is 0 Å². The van der Waals surface area contributed by atoms with Crippen LogP contribution >= 0.6 is 11.3 Å². The van der Waals surface area contributed by atoms with Gasteiger partial charge in [0.25, 0.3) is 0 Å². The van der Waals surface area contributed by atoms with Crippen LogP contribution in [0.15, 0.2) is 18.5 Å². The van der Waals surface area contributed by atoms with Gasteiger partial charge in [0, 0.05) is 52.0 Å². The third kappa shape index (κ3) is 6.31. The van der Waals surface area contributed by atoms with Crippen molar-refractivity contribution in [3.63, 3.8) is 0 Å². The fraction of sp³-hybridized carbons (Fsp3) is 0.524. The van der Waals surface area contributed by atoms with E-state index in [0.717, 1.165) is 43.2 Å². The van der Waals surface area contributed by atoms with Crippen LogP contribution in [0, 0.1) is 6.92 Å². The second kappa shape index (κ2) is 10.6. The quantitative estimate of drug-likeness (QED) is 0.515. The summed E-state index contributed by atoms with van der Waals surface area (Å²) in [6, 6.07) is 0. The van der Waals surface area contributed by atoms with Gasteiger partial charge in [0.1, 0.15) is 16.4 Å². The Kier molecular flexibility index (Phi) is 7.60. The molecular formula is C21H27F3N8O2S. The third-order valence-corrected chi connectivity index (χ3v) is 6.76. The Morgan fingerprint density at radius 2 is 1.97 bits per heavy atom. The minimum Gasteiger partial charge on any atom is -0.418 e. The number of thiazole rings is 1. The standard InChI is InChI=1S/C21H27F3N8O2S/c1-14-17(35-19(27-14)31-10-8-30(2)9-11-31)29-18-26-13-15(21(22,23)24)16(28-18)25-5-3-6-32-7-4-12-34-20(32)33/h4,12-13H,3,5-11H2,1-2H3,(H2,25,26,28,29). The molecule has 2 aliphatic heterocycles. The molecule has 4 heterocycles. The zero-order valence-electron chi connectivity index (χ0n) is 19.4. The minimum absolute atomic E-state index is 0.0434. The molecule has 2 N–H and O–H groups in total. The molecule has 0 spiro atoms. The minimum atomic E-state index is -4.61. The molecule has 0 bridgehead atoms. The van der Waals surface area contributed by atoms with Crippen molar-refractivity contribution in [3.8, 4) is 0 Å². The summed E-state index contributed by atoms with van der Waals surface area (Å²) in [5.74, 6) is -0.278. The number of piperazine rings is 1. The van der Waals surface area contributed by atoms with Gasteiger partial charge in [-0.05, 0) is 26.5 Å². The number of amides is 1. The topological polar surface area (TPSA) is 98.8 Å². The van der Waals surface area contributed by atoms with E-state index in [2.05, 4.69) is 42.4 Å². The first-order valence-corrected chi connectivity index (χ1v) is 12.0. The molecule has 0 saturated carbocycles. The normalized spacial score (nSPS) is 17.0. The van der Waals surface area contributed by atoms with Gasteiger partial charge in [-0.2, -0.15) is 18.2 Å². The number of nitrogens with one attached hydrogen (secondary N) is 2. The summed E-state index contributed by atoms with van der Waals surface area (Å²) in [5, 5.41) is 7.30. The van der Waals surface area contributed by atoms with E-state index in [1.165, 1.54) is 22.5 Å². The lowest BCUT2D eigenvalue weighted by Crippen LogP contribution is -2.44. The summed E-state index contributed by atoms with van der Waals surface area (Å²) in [6.45, 7) is 6.35. The molecule has 0 aromatic carbocycles. The average molecular weight is 513 g/mol. The van der Waals surface area contributed by atoms with Crippen LogP contribution in [-0.4, -0.2) is 83.7 Å². The summed E-state index contributed by atoms with van der Waals surface area (Å²) in [5.41, 5.74) is -0.230. The second-order valence-corrected chi connectivity index (χ2v) is 9.24. The largest absolute Gasteiger partial charge is 0.421 e. The Balaban J connectivity index is 1.43. The molecule has 1 fully saturated rings. The van der Waals surface area contributed by atoms with E-state index in [0.29, 0.717) is 24.5 Å². The Morgan fingerprint density at radius 3 is 2.69 bits per heavy atom. The molecule has 0 unspecified atom stereocenters. The molecule has 1 amide bonds. The van der Waals surface area contributed by atoms with E-state index in [4.69, 9.17) is 4.74 Å². The van der Waals surface area contributed by atoms with Gasteiger partial charge in [-0.15, -0.1) is 0 Å². The summed E-state index contributed by atoms with van der Waals surface area (Å²) >= 11 is 1.42. The molecule has 0 atom stereocenters. The highest BCUT2D eigenvalue weighted by atomic mass is 32.1. The zero-order chi connectivity index (χ0) is 25.0. The van der Waals surface area contributed by atoms with Crippen molar-refractivity contribution in [2.24, 2.45) is 0 Å². The number of halogens is 3. The summed E-state index contributed by atoms with van der Waals surface area (Å²) in [7, 11) is 2.07. The lowest BCUT2D eigenvalue weighted by Gasteiger charge is -2.32. The number of cyclic esters (lactones) is 1. The molecule has 190 valence electrons. The molecule has 0 radical (unpaired) electrons. The van der Waals surface area contributed by atoms with Gasteiger partial charge in [0.05, 0.1) is 12.0 Å². The third-order valence-electron chi connectivity index (χ3n) is 5.62. The fourth-order valence-electron chi connectivity index (χ4n) is 3.60. The lowest BCUT2D eigenvalue weighted by molar-refractivity contribution is -0.137. The van der Waals surface area contributed by atoms with Crippen molar-refractivity contribution in [1.29, 1.82) is 0 Å². The van der Waals surface area contributed by atoms with Gasteiger partial charge in [0.15, 0.2) is 5.13 Å². The van der Waals surface area contributed by atoms with E-state index in [9.17, 15) is 18.0 Å². The first-order valence-electron chi connectivity index (χ1n) is 11.2. The van der Waals surface area contributed by atoms with Gasteiger partial charge in [0.2, 0.25) is 5.95 Å². The van der Waals surface area contributed by atoms with Crippen molar-refractivity contribution in [2.45, 2.75) is 19.5 Å². The number of aryl methyl sites for hydroxylation is 1. The Hall–Kier alpha value is -3.13. The molecule has 2 aromatic rings. The number of carbonyl (C=O) groups excluding carboxylic acids is 1. The van der Waals surface area contributed by atoms with Gasteiger partial charge >= 0.3 is 12.3 Å². The smallest absolute Gasteiger partial charge is 0.418 e. The SMILES string of the molecule is Cc1nc(N2CCN(C)CC2)sc1Nc1ncc(C(F)(F)F)c(NCCCN2CC=COC2=O)n1. The molecule has 0 aliphatic carbocycles. The summed E-state index contributed by atoms with van der Waals surface area (Å²) in [6.07, 6.45) is -0.904. The maximum atomic E-state index is 13.5. The first-order chi connectivity index (χ1) is 16.7. The Labute approximate surface area is 204 Å². The van der Waals surface area contributed by atoms with Crippen LogP contribution in [0.3, 0.4) is 0 Å². The van der Waals surface area contributed by atoms with Gasteiger partial charge in [-0.3, -0.25) is 0 Å². The van der Waals surface area contributed by atoms with E-state index in [-0.39, 0.29) is 18.3 Å². The van der Waals surface area contributed by atoms with E-state index < -0.39 is 17.8 Å². The monoisotopic (exact) mass is 512 g/mol. The van der Waals surface area contributed by atoms with Gasteiger partial charge in [-0.25, -0.2) is 14.8 Å². The number of rotatable bonds is 8. The molecule has 10 nitrogen and oxygen atoms in total. The number of hydrogen-bond acceptors (Lipinski definition) is 10. The van der Waals surface area contributed by atoms with Crippen LogP contribution in [-0.2, 0) is 10.9 Å². The second-order valence-electron chi connectivity index (χ2n) is 8.26. The van der Waals surface area contributed by atoms with Gasteiger partial charge in [-0.1, -0.05) is 11.3 Å².